The number of nitrogens with zero attached hydrogens (tertiary/aromatic N) is 3. The van der Waals surface area contributed by atoms with Gasteiger partial charge in [-0.05, 0) is 37.0 Å². The fourth-order valence-corrected chi connectivity index (χ4v) is 4.27. The second kappa shape index (κ2) is 13.9. The number of aliphatic carboxylic acids is 2. The second-order valence-electron chi connectivity index (χ2n) is 8.00. The standard InChI is InChI=1S/C19H25Cl2N3O2.C4H4O4/c1-26-22-15-7-9-23(12-15)13-16-4-2-3-8-24(16)19(25)11-14-5-6-17(20)18(21)10-14;5-3(6)1-2-4(7)8/h5-6,10,16H,2-4,7-9,11-13H2,1H3;1-2H,(H,5,6)(H,7,8)/b;2-1+. The van der Waals surface area contributed by atoms with Crippen LogP contribution in [0.15, 0.2) is 35.5 Å². The van der Waals surface area contributed by atoms with Crippen LogP contribution in [0.25, 0.3) is 0 Å². The van der Waals surface area contributed by atoms with E-state index in [0.717, 1.165) is 56.7 Å². The first-order valence-electron chi connectivity index (χ1n) is 10.9. The van der Waals surface area contributed by atoms with Gasteiger partial charge in [0, 0.05) is 50.8 Å². The Morgan fingerprint density at radius 1 is 1.12 bits per heavy atom. The highest BCUT2D eigenvalue weighted by molar-refractivity contribution is 6.42. The lowest BCUT2D eigenvalue weighted by Crippen LogP contribution is -2.49. The van der Waals surface area contributed by atoms with E-state index in [1.54, 1.807) is 19.2 Å². The van der Waals surface area contributed by atoms with Crippen molar-refractivity contribution in [3.8, 4) is 0 Å². The lowest BCUT2D eigenvalue weighted by atomic mass is 10.00. The molecule has 1 unspecified atom stereocenters. The number of carboxylic acid groups (broad SMARTS) is 2. The van der Waals surface area contributed by atoms with Crippen LogP contribution in [-0.2, 0) is 25.6 Å². The van der Waals surface area contributed by atoms with Gasteiger partial charge in [-0.2, -0.15) is 0 Å². The third-order valence-corrected chi connectivity index (χ3v) is 6.21. The molecule has 0 aliphatic carbocycles. The molecule has 1 aromatic carbocycles. The third kappa shape index (κ3) is 9.32. The SMILES string of the molecule is CON=C1CCN(CC2CCCCN2C(=O)Cc2ccc(Cl)c(Cl)c2)C1.O=C(O)/C=C/C(=O)O. The first kappa shape index (κ1) is 27.6. The molecule has 2 N–H and O–H groups in total. The van der Waals surface area contributed by atoms with Gasteiger partial charge in [-0.25, -0.2) is 9.59 Å². The number of rotatable bonds is 7. The van der Waals surface area contributed by atoms with Crippen LogP contribution in [0.5, 0.6) is 0 Å². The van der Waals surface area contributed by atoms with E-state index in [1.165, 1.54) is 6.42 Å². The number of benzene rings is 1. The summed E-state index contributed by atoms with van der Waals surface area (Å²) in [6, 6.07) is 5.68. The van der Waals surface area contributed by atoms with Crippen molar-refractivity contribution in [1.82, 2.24) is 9.80 Å². The number of piperidine rings is 1. The molecule has 0 aromatic heterocycles. The van der Waals surface area contributed by atoms with Crippen molar-refractivity contribution in [1.29, 1.82) is 0 Å². The van der Waals surface area contributed by atoms with Crippen LogP contribution in [0, 0.1) is 0 Å². The Morgan fingerprint density at radius 2 is 1.82 bits per heavy atom. The van der Waals surface area contributed by atoms with Crippen molar-refractivity contribution in [3.05, 3.63) is 46.0 Å². The van der Waals surface area contributed by atoms with E-state index < -0.39 is 11.9 Å². The van der Waals surface area contributed by atoms with E-state index >= 15 is 0 Å². The highest BCUT2D eigenvalue weighted by Gasteiger charge is 2.30. The molecular formula is C23H29Cl2N3O6. The molecule has 0 bridgehead atoms. The van der Waals surface area contributed by atoms with Gasteiger partial charge in [0.25, 0.3) is 0 Å². The zero-order chi connectivity index (χ0) is 25.1. The molecular weight excluding hydrogens is 485 g/mol. The predicted octanol–water partition coefficient (Wildman–Crippen LogP) is 3.34. The number of hydrogen-bond acceptors (Lipinski definition) is 6. The van der Waals surface area contributed by atoms with Gasteiger partial charge in [-0.3, -0.25) is 9.69 Å². The monoisotopic (exact) mass is 513 g/mol. The molecule has 0 saturated carbocycles. The molecule has 2 aliphatic heterocycles. The number of carbonyl (C=O) groups is 3. The Morgan fingerprint density at radius 3 is 2.44 bits per heavy atom. The van der Waals surface area contributed by atoms with Crippen molar-refractivity contribution in [2.75, 3.05) is 33.3 Å². The van der Waals surface area contributed by atoms with E-state index in [-0.39, 0.29) is 11.9 Å². The topological polar surface area (TPSA) is 120 Å². The molecule has 2 saturated heterocycles. The summed E-state index contributed by atoms with van der Waals surface area (Å²) in [5, 5.41) is 20.7. The summed E-state index contributed by atoms with van der Waals surface area (Å²) in [5.74, 6) is -2.35. The number of halogens is 2. The summed E-state index contributed by atoms with van der Waals surface area (Å²) >= 11 is 12.0. The zero-order valence-electron chi connectivity index (χ0n) is 19.0. The van der Waals surface area contributed by atoms with E-state index in [2.05, 4.69) is 15.0 Å². The van der Waals surface area contributed by atoms with Crippen molar-refractivity contribution in [2.45, 2.75) is 38.1 Å². The molecule has 9 nitrogen and oxygen atoms in total. The van der Waals surface area contributed by atoms with E-state index in [9.17, 15) is 14.4 Å². The molecule has 34 heavy (non-hydrogen) atoms. The summed E-state index contributed by atoms with van der Waals surface area (Å²) in [4.78, 5) is 41.3. The minimum Gasteiger partial charge on any atom is -0.478 e. The summed E-state index contributed by atoms with van der Waals surface area (Å²) in [6.07, 6.45) is 5.72. The smallest absolute Gasteiger partial charge is 0.328 e. The maximum absolute atomic E-state index is 12.9. The molecule has 2 fully saturated rings. The average Bonchev–Trinajstić information content (AvgIpc) is 3.23. The average molecular weight is 514 g/mol. The van der Waals surface area contributed by atoms with Crippen molar-refractivity contribution in [3.63, 3.8) is 0 Å². The van der Waals surface area contributed by atoms with Crippen LogP contribution in [0.1, 0.15) is 31.2 Å². The van der Waals surface area contributed by atoms with Gasteiger partial charge < -0.3 is 20.0 Å². The number of carboxylic acids is 2. The van der Waals surface area contributed by atoms with E-state index in [4.69, 9.17) is 38.3 Å². The number of amides is 1. The first-order chi connectivity index (χ1) is 16.2. The van der Waals surface area contributed by atoms with Crippen LogP contribution >= 0.6 is 23.2 Å². The fraction of sp³-hybridized carbons (Fsp3) is 0.478. The molecule has 3 rings (SSSR count). The first-order valence-corrected chi connectivity index (χ1v) is 11.6. The minimum atomic E-state index is -1.26. The van der Waals surface area contributed by atoms with Crippen LogP contribution < -0.4 is 0 Å². The number of hydrogen-bond donors (Lipinski definition) is 2. The summed E-state index contributed by atoms with van der Waals surface area (Å²) in [7, 11) is 1.58. The largest absolute Gasteiger partial charge is 0.478 e. The van der Waals surface area contributed by atoms with Crippen LogP contribution in [0.4, 0.5) is 0 Å². The third-order valence-electron chi connectivity index (χ3n) is 5.47. The lowest BCUT2D eigenvalue weighted by Gasteiger charge is -2.38. The molecule has 0 spiro atoms. The van der Waals surface area contributed by atoms with Crippen molar-refractivity contribution in [2.24, 2.45) is 5.16 Å². The summed E-state index contributed by atoms with van der Waals surface area (Å²) in [5.41, 5.74) is 1.99. The molecule has 1 aromatic rings. The Hall–Kier alpha value is -2.62. The maximum atomic E-state index is 12.9. The molecule has 2 aliphatic rings. The molecule has 0 radical (unpaired) electrons. The Bertz CT molecular complexity index is 921. The van der Waals surface area contributed by atoms with Gasteiger partial charge in [0.05, 0.1) is 22.2 Å². The lowest BCUT2D eigenvalue weighted by molar-refractivity contribution is -0.134. The van der Waals surface area contributed by atoms with Gasteiger partial charge in [0.2, 0.25) is 5.91 Å². The van der Waals surface area contributed by atoms with Crippen LogP contribution in [0.2, 0.25) is 10.0 Å². The fourth-order valence-electron chi connectivity index (χ4n) is 3.95. The summed E-state index contributed by atoms with van der Waals surface area (Å²) < 4.78 is 0. The highest BCUT2D eigenvalue weighted by atomic mass is 35.5. The minimum absolute atomic E-state index is 0.165. The quantitative estimate of drug-likeness (QED) is 0.423. The zero-order valence-corrected chi connectivity index (χ0v) is 20.5. The van der Waals surface area contributed by atoms with Crippen molar-refractivity contribution >= 4 is 46.8 Å². The molecule has 11 heteroatoms. The molecule has 2 heterocycles. The number of likely N-dealkylation sites (tertiary alicyclic amines) is 2. The maximum Gasteiger partial charge on any atom is 0.328 e. The summed E-state index contributed by atoms with van der Waals surface area (Å²) in [6.45, 7) is 3.54. The van der Waals surface area contributed by atoms with Gasteiger partial charge in [0.1, 0.15) is 7.11 Å². The van der Waals surface area contributed by atoms with E-state index in [0.29, 0.717) is 28.6 Å². The molecule has 186 valence electrons. The van der Waals surface area contributed by atoms with Gasteiger partial charge >= 0.3 is 11.9 Å². The normalized spacial score (nSPS) is 19.7. The van der Waals surface area contributed by atoms with Gasteiger partial charge in [0.15, 0.2) is 0 Å². The molecule has 1 amide bonds. The Labute approximate surface area is 208 Å². The molecule has 1 atom stereocenters. The second-order valence-corrected chi connectivity index (χ2v) is 8.81. The van der Waals surface area contributed by atoms with E-state index in [1.807, 2.05) is 6.07 Å². The van der Waals surface area contributed by atoms with Crippen molar-refractivity contribution < 1.29 is 29.4 Å². The predicted molar refractivity (Wildman–Crippen MR) is 129 cm³/mol. The Balaban J connectivity index is 0.000000440. The van der Waals surface area contributed by atoms with Crippen LogP contribution in [0.3, 0.4) is 0 Å². The highest BCUT2D eigenvalue weighted by Crippen LogP contribution is 2.25. The number of carbonyl (C=O) groups excluding carboxylic acids is 1. The van der Waals surface area contributed by atoms with Gasteiger partial charge in [-0.15, -0.1) is 0 Å². The number of oxime groups is 1. The Kier molecular flexibility index (Phi) is 11.3. The van der Waals surface area contributed by atoms with Gasteiger partial charge in [-0.1, -0.05) is 34.4 Å². The van der Waals surface area contributed by atoms with Crippen LogP contribution in [-0.4, -0.2) is 82.9 Å².